The third kappa shape index (κ3) is 3.65. The van der Waals surface area contributed by atoms with Crippen molar-refractivity contribution in [1.82, 2.24) is 25.3 Å². The van der Waals surface area contributed by atoms with Crippen LogP contribution in [0, 0.1) is 0 Å². The van der Waals surface area contributed by atoms with Crippen molar-refractivity contribution in [3.05, 3.63) is 24.1 Å². The lowest BCUT2D eigenvalue weighted by Crippen LogP contribution is -2.47. The van der Waals surface area contributed by atoms with Crippen molar-refractivity contribution in [3.63, 3.8) is 0 Å². The molecule has 1 aliphatic heterocycles. The Morgan fingerprint density at radius 1 is 1.46 bits per heavy atom. The zero-order valence-electron chi connectivity index (χ0n) is 12.8. The van der Waals surface area contributed by atoms with Crippen LogP contribution in [0.1, 0.15) is 11.9 Å². The van der Waals surface area contributed by atoms with Gasteiger partial charge >= 0.3 is 0 Å². The number of halogens is 2. The number of amides is 1. The SMILES string of the molecule is CN1CC(c2nc(-c3cccc(OCC(F)F)n3)no2)NCC1=O. The van der Waals surface area contributed by atoms with E-state index in [-0.39, 0.29) is 30.2 Å². The van der Waals surface area contributed by atoms with Crippen LogP contribution in [0.25, 0.3) is 11.5 Å². The smallest absolute Gasteiger partial charge is 0.272 e. The summed E-state index contributed by atoms with van der Waals surface area (Å²) in [6, 6.07) is 4.42. The van der Waals surface area contributed by atoms with E-state index in [0.29, 0.717) is 18.1 Å². The van der Waals surface area contributed by atoms with E-state index in [4.69, 9.17) is 9.26 Å². The van der Waals surface area contributed by atoms with Crippen molar-refractivity contribution in [3.8, 4) is 17.4 Å². The molecule has 10 heteroatoms. The lowest BCUT2D eigenvalue weighted by atomic mass is 10.2. The van der Waals surface area contributed by atoms with Gasteiger partial charge in [0.25, 0.3) is 6.43 Å². The molecule has 0 aromatic carbocycles. The van der Waals surface area contributed by atoms with Crippen molar-refractivity contribution in [2.24, 2.45) is 0 Å². The first kappa shape index (κ1) is 16.2. The van der Waals surface area contributed by atoms with E-state index in [1.54, 1.807) is 24.1 Å². The maximum absolute atomic E-state index is 12.2. The zero-order chi connectivity index (χ0) is 17.1. The second-order valence-corrected chi connectivity index (χ2v) is 5.23. The Balaban J connectivity index is 1.73. The van der Waals surface area contributed by atoms with Gasteiger partial charge in [0.1, 0.15) is 11.7 Å². The molecule has 0 aliphatic carbocycles. The Morgan fingerprint density at radius 2 is 2.29 bits per heavy atom. The van der Waals surface area contributed by atoms with Gasteiger partial charge in [-0.25, -0.2) is 13.8 Å². The van der Waals surface area contributed by atoms with Gasteiger partial charge in [-0.05, 0) is 6.07 Å². The van der Waals surface area contributed by atoms with Gasteiger partial charge in [0.2, 0.25) is 23.5 Å². The lowest BCUT2D eigenvalue weighted by Gasteiger charge is -2.28. The molecular formula is C14H15F2N5O3. The Morgan fingerprint density at radius 3 is 3.04 bits per heavy atom. The van der Waals surface area contributed by atoms with E-state index in [0.717, 1.165) is 0 Å². The van der Waals surface area contributed by atoms with Crippen LogP contribution in [0.5, 0.6) is 5.88 Å². The van der Waals surface area contributed by atoms with Gasteiger partial charge in [-0.1, -0.05) is 11.2 Å². The molecule has 1 amide bonds. The van der Waals surface area contributed by atoms with Gasteiger partial charge in [-0.3, -0.25) is 10.1 Å². The first-order valence-electron chi connectivity index (χ1n) is 7.22. The van der Waals surface area contributed by atoms with Crippen LogP contribution in [-0.4, -0.2) is 59.1 Å². The third-order valence-corrected chi connectivity index (χ3v) is 3.43. The number of nitrogens with zero attached hydrogens (tertiary/aromatic N) is 4. The van der Waals surface area contributed by atoms with Crippen LogP contribution >= 0.6 is 0 Å². The maximum atomic E-state index is 12.2. The van der Waals surface area contributed by atoms with Crippen LogP contribution in [0.4, 0.5) is 8.78 Å². The first-order chi connectivity index (χ1) is 11.5. The molecule has 0 radical (unpaired) electrons. The second kappa shape index (κ2) is 6.87. The van der Waals surface area contributed by atoms with Crippen molar-refractivity contribution in [1.29, 1.82) is 0 Å². The molecular weight excluding hydrogens is 324 g/mol. The molecule has 1 unspecified atom stereocenters. The van der Waals surface area contributed by atoms with Crippen LogP contribution in [0.15, 0.2) is 22.7 Å². The van der Waals surface area contributed by atoms with Gasteiger partial charge in [0, 0.05) is 19.7 Å². The second-order valence-electron chi connectivity index (χ2n) is 5.23. The fourth-order valence-corrected chi connectivity index (χ4v) is 2.20. The Hall–Kier alpha value is -2.62. The minimum Gasteiger partial charge on any atom is -0.472 e. The molecule has 1 fully saturated rings. The summed E-state index contributed by atoms with van der Waals surface area (Å²) in [7, 11) is 1.69. The molecule has 1 N–H and O–H groups in total. The molecule has 1 aliphatic rings. The highest BCUT2D eigenvalue weighted by atomic mass is 19.3. The Bertz CT molecular complexity index is 724. The number of piperazine rings is 1. The summed E-state index contributed by atoms with van der Waals surface area (Å²) in [5.74, 6) is 0.579. The molecule has 1 saturated heterocycles. The van der Waals surface area contributed by atoms with Crippen LogP contribution in [0.2, 0.25) is 0 Å². The third-order valence-electron chi connectivity index (χ3n) is 3.43. The molecule has 0 bridgehead atoms. The summed E-state index contributed by atoms with van der Waals surface area (Å²) < 4.78 is 34.5. The number of pyridine rings is 1. The van der Waals surface area contributed by atoms with Gasteiger partial charge in [0.15, 0.2) is 6.61 Å². The van der Waals surface area contributed by atoms with Crippen LogP contribution in [0.3, 0.4) is 0 Å². The summed E-state index contributed by atoms with van der Waals surface area (Å²) in [6.07, 6.45) is -2.58. The monoisotopic (exact) mass is 339 g/mol. The highest BCUT2D eigenvalue weighted by Crippen LogP contribution is 2.21. The summed E-state index contributed by atoms with van der Waals surface area (Å²) >= 11 is 0. The number of aromatic nitrogens is 3. The number of likely N-dealkylation sites (N-methyl/N-ethyl adjacent to an activating group) is 1. The van der Waals surface area contributed by atoms with Crippen molar-refractivity contribution in [2.75, 3.05) is 26.7 Å². The fourth-order valence-electron chi connectivity index (χ4n) is 2.20. The van der Waals surface area contributed by atoms with E-state index in [2.05, 4.69) is 20.4 Å². The Labute approximate surface area is 135 Å². The molecule has 0 spiro atoms. The minimum absolute atomic E-state index is 0.0171. The number of ether oxygens (including phenoxy) is 1. The van der Waals surface area contributed by atoms with Gasteiger partial charge < -0.3 is 14.2 Å². The maximum Gasteiger partial charge on any atom is 0.272 e. The Kier molecular flexibility index (Phi) is 4.65. The van der Waals surface area contributed by atoms with E-state index < -0.39 is 13.0 Å². The molecule has 2 aromatic heterocycles. The summed E-state index contributed by atoms with van der Waals surface area (Å²) in [5, 5.41) is 6.85. The lowest BCUT2D eigenvalue weighted by molar-refractivity contribution is -0.131. The number of carbonyl (C=O) groups excluding carboxylic acids is 1. The molecule has 3 heterocycles. The summed E-state index contributed by atoms with van der Waals surface area (Å²) in [5.41, 5.74) is 0.344. The highest BCUT2D eigenvalue weighted by Gasteiger charge is 2.28. The average molecular weight is 339 g/mol. The largest absolute Gasteiger partial charge is 0.472 e. The fraction of sp³-hybridized carbons (Fsp3) is 0.429. The van der Waals surface area contributed by atoms with Gasteiger partial charge in [0.05, 0.1) is 6.54 Å². The van der Waals surface area contributed by atoms with Gasteiger partial charge in [-0.15, -0.1) is 0 Å². The summed E-state index contributed by atoms with van der Waals surface area (Å²) in [4.78, 5) is 21.4. The predicted octanol–water partition coefficient (Wildman–Crippen LogP) is 0.878. The standard InChI is InChI=1S/C14H15F2N5O3/c1-21-6-9(17-5-12(21)22)14-19-13(20-24-14)8-3-2-4-11(18-8)23-7-10(15)16/h2-4,9-10,17H,5-7H2,1H3. The number of nitrogens with one attached hydrogen (secondary N) is 1. The topological polar surface area (TPSA) is 93.4 Å². The van der Waals surface area contributed by atoms with E-state index in [1.165, 1.54) is 6.07 Å². The molecule has 1 atom stereocenters. The molecule has 3 rings (SSSR count). The number of rotatable bonds is 5. The quantitative estimate of drug-likeness (QED) is 0.864. The normalized spacial score (nSPS) is 18.2. The van der Waals surface area contributed by atoms with E-state index >= 15 is 0 Å². The molecule has 2 aromatic rings. The first-order valence-corrected chi connectivity index (χ1v) is 7.22. The molecule has 0 saturated carbocycles. The van der Waals surface area contributed by atoms with E-state index in [1.807, 2.05) is 0 Å². The number of alkyl halides is 2. The summed E-state index contributed by atoms with van der Waals surface area (Å²) in [6.45, 7) is -0.139. The number of hydrogen-bond acceptors (Lipinski definition) is 7. The van der Waals surface area contributed by atoms with Gasteiger partial charge in [-0.2, -0.15) is 4.98 Å². The number of carbonyl (C=O) groups is 1. The van der Waals surface area contributed by atoms with Crippen molar-refractivity contribution >= 4 is 5.91 Å². The molecule has 128 valence electrons. The van der Waals surface area contributed by atoms with Crippen LogP contribution < -0.4 is 10.1 Å². The minimum atomic E-state index is -2.58. The van der Waals surface area contributed by atoms with Crippen molar-refractivity contribution in [2.45, 2.75) is 12.5 Å². The molecule has 8 nitrogen and oxygen atoms in total. The van der Waals surface area contributed by atoms with Crippen molar-refractivity contribution < 1.29 is 22.8 Å². The van der Waals surface area contributed by atoms with E-state index in [9.17, 15) is 13.6 Å². The van der Waals surface area contributed by atoms with Crippen LogP contribution in [-0.2, 0) is 4.79 Å². The molecule has 24 heavy (non-hydrogen) atoms. The zero-order valence-corrected chi connectivity index (χ0v) is 12.8. The predicted molar refractivity (Wildman–Crippen MR) is 77.4 cm³/mol. The highest BCUT2D eigenvalue weighted by molar-refractivity contribution is 5.78. The average Bonchev–Trinajstić information content (AvgIpc) is 3.06. The number of hydrogen-bond donors (Lipinski definition) is 1.